The van der Waals surface area contributed by atoms with Crippen molar-refractivity contribution in [3.05, 3.63) is 59.5 Å². The highest BCUT2D eigenvalue weighted by Crippen LogP contribution is 2.39. The Kier molecular flexibility index (Phi) is 3.85. The van der Waals surface area contributed by atoms with E-state index in [0.717, 1.165) is 24.4 Å². The molecule has 138 valence electrons. The number of imidazole rings is 1. The zero-order valence-corrected chi connectivity index (χ0v) is 15.5. The lowest BCUT2D eigenvalue weighted by atomic mass is 10.2. The Hall–Kier alpha value is -2.89. The third-order valence-electron chi connectivity index (χ3n) is 5.49. The van der Waals surface area contributed by atoms with Crippen LogP contribution in [0.3, 0.4) is 0 Å². The van der Waals surface area contributed by atoms with Gasteiger partial charge in [0.05, 0.1) is 11.9 Å². The Morgan fingerprint density at radius 1 is 1.07 bits per heavy atom. The zero-order valence-electron chi connectivity index (χ0n) is 15.5. The van der Waals surface area contributed by atoms with Gasteiger partial charge in [0.1, 0.15) is 5.69 Å². The number of aryl methyl sites for hydroxylation is 1. The molecule has 0 N–H and O–H groups in total. The lowest BCUT2D eigenvalue weighted by Crippen LogP contribution is -2.49. The van der Waals surface area contributed by atoms with E-state index in [1.807, 2.05) is 17.2 Å². The molecule has 1 aromatic carbocycles. The van der Waals surface area contributed by atoms with Crippen LogP contribution < -0.4 is 4.90 Å². The van der Waals surface area contributed by atoms with Crippen LogP contribution in [0, 0.1) is 6.92 Å². The van der Waals surface area contributed by atoms with Gasteiger partial charge in [0.2, 0.25) is 0 Å². The molecular formula is C21H23N5O. The average Bonchev–Trinajstić information content (AvgIpc) is 3.46. The Balaban J connectivity index is 1.29. The van der Waals surface area contributed by atoms with E-state index >= 15 is 0 Å². The van der Waals surface area contributed by atoms with Crippen molar-refractivity contribution in [2.45, 2.75) is 25.7 Å². The van der Waals surface area contributed by atoms with Crippen LogP contribution in [0.2, 0.25) is 0 Å². The predicted octanol–water partition coefficient (Wildman–Crippen LogP) is 2.88. The molecule has 1 saturated carbocycles. The van der Waals surface area contributed by atoms with E-state index in [1.165, 1.54) is 24.1 Å². The molecule has 0 radical (unpaired) electrons. The molecule has 6 nitrogen and oxygen atoms in total. The van der Waals surface area contributed by atoms with Gasteiger partial charge < -0.3 is 9.80 Å². The van der Waals surface area contributed by atoms with Crippen LogP contribution in [0.5, 0.6) is 0 Å². The molecule has 6 heteroatoms. The highest BCUT2D eigenvalue weighted by Gasteiger charge is 2.27. The number of hydrogen-bond donors (Lipinski definition) is 0. The normalized spacial score (nSPS) is 17.5. The second-order valence-corrected chi connectivity index (χ2v) is 7.58. The van der Waals surface area contributed by atoms with Crippen molar-refractivity contribution in [1.29, 1.82) is 0 Å². The molecule has 0 bridgehead atoms. The van der Waals surface area contributed by atoms with Gasteiger partial charge in [0, 0.05) is 37.8 Å². The Morgan fingerprint density at radius 3 is 2.63 bits per heavy atom. The summed E-state index contributed by atoms with van der Waals surface area (Å²) in [7, 11) is 0. The Bertz CT molecular complexity index is 999. The molecule has 0 atom stereocenters. The van der Waals surface area contributed by atoms with E-state index in [1.54, 1.807) is 10.6 Å². The number of carbonyl (C=O) groups excluding carboxylic acids is 1. The summed E-state index contributed by atoms with van der Waals surface area (Å²) in [4.78, 5) is 21.8. The minimum absolute atomic E-state index is 0.00228. The number of benzene rings is 1. The van der Waals surface area contributed by atoms with Gasteiger partial charge in [-0.3, -0.25) is 4.79 Å². The number of hydrogen-bond acceptors (Lipinski definition) is 4. The predicted molar refractivity (Wildman–Crippen MR) is 104 cm³/mol. The number of rotatable bonds is 3. The number of nitrogens with zero attached hydrogens (tertiary/aromatic N) is 5. The molecule has 1 aliphatic carbocycles. The van der Waals surface area contributed by atoms with Crippen LogP contribution in [-0.4, -0.2) is 51.6 Å². The van der Waals surface area contributed by atoms with Crippen LogP contribution in [0.1, 0.15) is 40.5 Å². The maximum atomic E-state index is 12.9. The van der Waals surface area contributed by atoms with E-state index in [2.05, 4.69) is 46.2 Å². The molecule has 1 saturated heterocycles. The summed E-state index contributed by atoms with van der Waals surface area (Å²) in [6, 6.07) is 12.2. The lowest BCUT2D eigenvalue weighted by Gasteiger charge is -2.36. The SMILES string of the molecule is Cc1cccc(N2CCN(C(=O)c3ccc4nc(C5CC5)cn4n3)CC2)c1. The summed E-state index contributed by atoms with van der Waals surface area (Å²) in [6.45, 7) is 5.21. The largest absolute Gasteiger partial charge is 0.368 e. The van der Waals surface area contributed by atoms with Gasteiger partial charge in [0.25, 0.3) is 5.91 Å². The van der Waals surface area contributed by atoms with Gasteiger partial charge in [0.15, 0.2) is 5.65 Å². The van der Waals surface area contributed by atoms with E-state index < -0.39 is 0 Å². The van der Waals surface area contributed by atoms with Crippen LogP contribution in [-0.2, 0) is 0 Å². The molecule has 0 unspecified atom stereocenters. The standard InChI is InChI=1S/C21H23N5O/c1-15-3-2-4-17(13-15)24-9-11-25(12-10-24)21(27)18-7-8-20-22-19(16-5-6-16)14-26(20)23-18/h2-4,7-8,13-14,16H,5-6,9-12H2,1H3. The van der Waals surface area contributed by atoms with Gasteiger partial charge in [-0.2, -0.15) is 5.10 Å². The number of amides is 1. The summed E-state index contributed by atoms with van der Waals surface area (Å²) in [5, 5.41) is 4.52. The molecule has 2 aromatic heterocycles. The van der Waals surface area contributed by atoms with Crippen LogP contribution in [0.25, 0.3) is 5.65 Å². The molecule has 1 aliphatic heterocycles. The molecule has 0 spiro atoms. The number of fused-ring (bicyclic) bond motifs is 1. The second kappa shape index (κ2) is 6.37. The molecule has 5 rings (SSSR count). The maximum Gasteiger partial charge on any atom is 0.274 e. The number of aromatic nitrogens is 3. The second-order valence-electron chi connectivity index (χ2n) is 7.58. The fraction of sp³-hybridized carbons (Fsp3) is 0.381. The van der Waals surface area contributed by atoms with Crippen LogP contribution in [0.4, 0.5) is 5.69 Å². The summed E-state index contributed by atoms with van der Waals surface area (Å²) in [5.41, 5.74) is 4.89. The van der Waals surface area contributed by atoms with Crippen molar-refractivity contribution < 1.29 is 4.79 Å². The fourth-order valence-corrected chi connectivity index (χ4v) is 3.74. The molecule has 27 heavy (non-hydrogen) atoms. The van der Waals surface area contributed by atoms with Crippen LogP contribution >= 0.6 is 0 Å². The molecule has 3 heterocycles. The summed E-state index contributed by atoms with van der Waals surface area (Å²) in [6.07, 6.45) is 4.39. The van der Waals surface area contributed by atoms with Crippen LogP contribution in [0.15, 0.2) is 42.6 Å². The van der Waals surface area contributed by atoms with Crippen molar-refractivity contribution in [3.63, 3.8) is 0 Å². The van der Waals surface area contributed by atoms with Crippen molar-refractivity contribution in [2.24, 2.45) is 0 Å². The topological polar surface area (TPSA) is 53.7 Å². The highest BCUT2D eigenvalue weighted by molar-refractivity contribution is 5.92. The molecule has 3 aromatic rings. The van der Waals surface area contributed by atoms with Gasteiger partial charge in [-0.15, -0.1) is 0 Å². The first-order valence-corrected chi connectivity index (χ1v) is 9.64. The molecular weight excluding hydrogens is 338 g/mol. The first kappa shape index (κ1) is 16.3. The van der Waals surface area contributed by atoms with Crippen molar-refractivity contribution in [3.8, 4) is 0 Å². The van der Waals surface area contributed by atoms with E-state index in [0.29, 0.717) is 24.7 Å². The minimum Gasteiger partial charge on any atom is -0.368 e. The van der Waals surface area contributed by atoms with E-state index in [4.69, 9.17) is 0 Å². The summed E-state index contributed by atoms with van der Waals surface area (Å²) >= 11 is 0. The third-order valence-corrected chi connectivity index (χ3v) is 5.49. The molecule has 2 aliphatic rings. The van der Waals surface area contributed by atoms with Gasteiger partial charge in [-0.05, 0) is 49.6 Å². The first-order valence-electron chi connectivity index (χ1n) is 9.64. The van der Waals surface area contributed by atoms with Crippen molar-refractivity contribution >= 4 is 17.2 Å². The van der Waals surface area contributed by atoms with Gasteiger partial charge in [-0.25, -0.2) is 9.50 Å². The summed E-state index contributed by atoms with van der Waals surface area (Å²) < 4.78 is 1.75. The number of carbonyl (C=O) groups is 1. The highest BCUT2D eigenvalue weighted by atomic mass is 16.2. The Morgan fingerprint density at radius 2 is 1.89 bits per heavy atom. The zero-order chi connectivity index (χ0) is 18.4. The van der Waals surface area contributed by atoms with Crippen molar-refractivity contribution in [1.82, 2.24) is 19.5 Å². The van der Waals surface area contributed by atoms with E-state index in [9.17, 15) is 4.79 Å². The molecule has 1 amide bonds. The quantitative estimate of drug-likeness (QED) is 0.720. The monoisotopic (exact) mass is 361 g/mol. The smallest absolute Gasteiger partial charge is 0.274 e. The maximum absolute atomic E-state index is 12.9. The van der Waals surface area contributed by atoms with Gasteiger partial charge in [-0.1, -0.05) is 12.1 Å². The van der Waals surface area contributed by atoms with E-state index in [-0.39, 0.29) is 5.91 Å². The fourth-order valence-electron chi connectivity index (χ4n) is 3.74. The minimum atomic E-state index is 0.00228. The summed E-state index contributed by atoms with van der Waals surface area (Å²) in [5.74, 6) is 0.586. The lowest BCUT2D eigenvalue weighted by molar-refractivity contribution is 0.0739. The van der Waals surface area contributed by atoms with Gasteiger partial charge >= 0.3 is 0 Å². The third kappa shape index (κ3) is 3.16. The number of piperazine rings is 1. The average molecular weight is 361 g/mol. The molecule has 2 fully saturated rings. The van der Waals surface area contributed by atoms with Crippen molar-refractivity contribution in [2.75, 3.05) is 31.1 Å². The first-order chi connectivity index (χ1) is 13.2. The Labute approximate surface area is 158 Å². The number of anilines is 1.